The summed E-state index contributed by atoms with van der Waals surface area (Å²) in [7, 11) is 0. The zero-order chi connectivity index (χ0) is 9.61. The van der Waals surface area contributed by atoms with Crippen LogP contribution in [0.1, 0.15) is 39.5 Å². The molecule has 0 amide bonds. The Kier molecular flexibility index (Phi) is 4.61. The summed E-state index contributed by atoms with van der Waals surface area (Å²) in [6.07, 6.45) is 7.34. The van der Waals surface area contributed by atoms with Crippen LogP contribution >= 0.6 is 0 Å². The van der Waals surface area contributed by atoms with Crippen molar-refractivity contribution >= 4 is 5.78 Å². The molecule has 0 aliphatic carbocycles. The molecule has 0 aromatic heterocycles. The Morgan fingerprint density at radius 2 is 2.00 bits per heavy atom. The molecule has 12 heavy (non-hydrogen) atoms. The molecule has 0 aromatic rings. The van der Waals surface area contributed by atoms with Crippen molar-refractivity contribution in [3.05, 3.63) is 0 Å². The summed E-state index contributed by atoms with van der Waals surface area (Å²) in [6, 6.07) is 0. The fraction of sp³-hybridized carbons (Fsp3) is 0.700. The van der Waals surface area contributed by atoms with Crippen molar-refractivity contribution in [3.8, 4) is 12.3 Å². The maximum atomic E-state index is 11.5. The molecule has 2 N–H and O–H groups in total. The highest BCUT2D eigenvalue weighted by Crippen LogP contribution is 2.15. The molecule has 0 saturated heterocycles. The second-order valence-electron chi connectivity index (χ2n) is 2.99. The Bertz CT molecular complexity index is 187. The van der Waals surface area contributed by atoms with E-state index in [9.17, 15) is 4.79 Å². The monoisotopic (exact) mass is 167 g/mol. The highest BCUT2D eigenvalue weighted by Gasteiger charge is 2.28. The molecule has 0 unspecified atom stereocenters. The van der Waals surface area contributed by atoms with Crippen LogP contribution in [0.25, 0.3) is 0 Å². The molecule has 0 spiro atoms. The fourth-order valence-electron chi connectivity index (χ4n) is 1.08. The van der Waals surface area contributed by atoms with Gasteiger partial charge in [-0.3, -0.25) is 4.79 Å². The van der Waals surface area contributed by atoms with Crippen LogP contribution < -0.4 is 5.73 Å². The van der Waals surface area contributed by atoms with Crippen LogP contribution in [0.15, 0.2) is 0 Å². The number of ketones is 1. The van der Waals surface area contributed by atoms with Gasteiger partial charge in [-0.25, -0.2) is 0 Å². The van der Waals surface area contributed by atoms with Crippen LogP contribution in [0.5, 0.6) is 0 Å². The first-order chi connectivity index (χ1) is 5.60. The number of rotatable bonds is 5. The van der Waals surface area contributed by atoms with Crippen LogP contribution in [0.3, 0.4) is 0 Å². The van der Waals surface area contributed by atoms with Crippen molar-refractivity contribution < 1.29 is 4.79 Å². The number of carbonyl (C=O) groups is 1. The van der Waals surface area contributed by atoms with E-state index in [2.05, 4.69) is 5.92 Å². The molecule has 0 atom stereocenters. The van der Waals surface area contributed by atoms with Crippen molar-refractivity contribution in [3.63, 3.8) is 0 Å². The molecule has 0 rings (SSSR count). The minimum absolute atomic E-state index is 0.0884. The second kappa shape index (κ2) is 4.95. The van der Waals surface area contributed by atoms with Crippen LogP contribution in [0.2, 0.25) is 0 Å². The Hall–Kier alpha value is -0.810. The molecule has 0 heterocycles. The van der Waals surface area contributed by atoms with Gasteiger partial charge in [0.05, 0.1) is 5.54 Å². The molecule has 2 nitrogen and oxygen atoms in total. The zero-order valence-electron chi connectivity index (χ0n) is 7.89. The summed E-state index contributed by atoms with van der Waals surface area (Å²) in [6.45, 7) is 3.86. The van der Waals surface area contributed by atoms with E-state index in [4.69, 9.17) is 12.2 Å². The van der Waals surface area contributed by atoms with Gasteiger partial charge in [-0.05, 0) is 12.8 Å². The number of hydrogen-bond acceptors (Lipinski definition) is 2. The molecule has 0 saturated carbocycles. The number of nitrogens with two attached hydrogens (primary N) is 1. The Morgan fingerprint density at radius 3 is 2.33 bits per heavy atom. The van der Waals surface area contributed by atoms with Crippen LogP contribution in [0, 0.1) is 12.3 Å². The van der Waals surface area contributed by atoms with Crippen molar-refractivity contribution in [1.29, 1.82) is 0 Å². The van der Waals surface area contributed by atoms with Crippen LogP contribution in [-0.2, 0) is 4.79 Å². The van der Waals surface area contributed by atoms with E-state index in [0.717, 1.165) is 0 Å². The molecular weight excluding hydrogens is 150 g/mol. The highest BCUT2D eigenvalue weighted by atomic mass is 16.1. The van der Waals surface area contributed by atoms with E-state index in [1.54, 1.807) is 0 Å². The van der Waals surface area contributed by atoms with Gasteiger partial charge in [-0.15, -0.1) is 12.3 Å². The quantitative estimate of drug-likeness (QED) is 0.630. The average Bonchev–Trinajstić information content (AvgIpc) is 2.12. The molecular formula is C10H17NO. The summed E-state index contributed by atoms with van der Waals surface area (Å²) in [5, 5.41) is 0. The molecule has 0 aliphatic rings. The summed E-state index contributed by atoms with van der Waals surface area (Å²) in [4.78, 5) is 11.5. The van der Waals surface area contributed by atoms with Gasteiger partial charge in [0.2, 0.25) is 0 Å². The van der Waals surface area contributed by atoms with E-state index in [1.807, 2.05) is 13.8 Å². The predicted octanol–water partition coefficient (Wildman–Crippen LogP) is 1.49. The van der Waals surface area contributed by atoms with Gasteiger partial charge < -0.3 is 5.73 Å². The van der Waals surface area contributed by atoms with Gasteiger partial charge in [0, 0.05) is 12.8 Å². The third-order valence-electron chi connectivity index (χ3n) is 2.31. The van der Waals surface area contributed by atoms with Crippen LogP contribution in [-0.4, -0.2) is 11.3 Å². The zero-order valence-corrected chi connectivity index (χ0v) is 7.89. The van der Waals surface area contributed by atoms with Crippen molar-refractivity contribution in [2.45, 2.75) is 45.1 Å². The summed E-state index contributed by atoms with van der Waals surface area (Å²) in [5.74, 6) is 2.53. The smallest absolute Gasteiger partial charge is 0.153 e. The first-order valence-corrected chi connectivity index (χ1v) is 4.36. The lowest BCUT2D eigenvalue weighted by Crippen LogP contribution is -2.46. The third kappa shape index (κ3) is 2.67. The Morgan fingerprint density at radius 1 is 1.50 bits per heavy atom. The standard InChI is InChI=1S/C10H17NO/c1-4-7-8-9(12)10(11,5-2)6-3/h1H,5-8,11H2,2-3H3. The lowest BCUT2D eigenvalue weighted by Gasteiger charge is -2.24. The van der Waals surface area contributed by atoms with Crippen molar-refractivity contribution in [2.75, 3.05) is 0 Å². The predicted molar refractivity (Wildman–Crippen MR) is 50.6 cm³/mol. The third-order valence-corrected chi connectivity index (χ3v) is 2.31. The Labute approximate surface area is 74.5 Å². The normalized spacial score (nSPS) is 10.8. The van der Waals surface area contributed by atoms with Gasteiger partial charge in [0.1, 0.15) is 0 Å². The molecule has 68 valence electrons. The number of carbonyl (C=O) groups excluding carboxylic acids is 1. The van der Waals surface area contributed by atoms with Gasteiger partial charge in [-0.1, -0.05) is 13.8 Å². The number of Topliss-reactive ketones (excluding diaryl/α,β-unsaturated/α-hetero) is 1. The maximum absolute atomic E-state index is 11.5. The van der Waals surface area contributed by atoms with E-state index < -0.39 is 5.54 Å². The first-order valence-electron chi connectivity index (χ1n) is 4.36. The molecule has 0 aliphatic heterocycles. The first kappa shape index (κ1) is 11.2. The lowest BCUT2D eigenvalue weighted by molar-refractivity contribution is -0.124. The minimum Gasteiger partial charge on any atom is -0.319 e. The fourth-order valence-corrected chi connectivity index (χ4v) is 1.08. The van der Waals surface area contributed by atoms with E-state index in [-0.39, 0.29) is 5.78 Å². The van der Waals surface area contributed by atoms with Gasteiger partial charge >= 0.3 is 0 Å². The minimum atomic E-state index is -0.642. The Balaban J connectivity index is 4.14. The second-order valence-corrected chi connectivity index (χ2v) is 2.99. The topological polar surface area (TPSA) is 43.1 Å². The molecule has 0 bridgehead atoms. The highest BCUT2D eigenvalue weighted by molar-refractivity contribution is 5.88. The lowest BCUT2D eigenvalue weighted by atomic mass is 9.87. The van der Waals surface area contributed by atoms with E-state index in [0.29, 0.717) is 25.7 Å². The van der Waals surface area contributed by atoms with Crippen LogP contribution in [0.4, 0.5) is 0 Å². The van der Waals surface area contributed by atoms with Crippen molar-refractivity contribution in [2.24, 2.45) is 5.73 Å². The number of hydrogen-bond donors (Lipinski definition) is 1. The van der Waals surface area contributed by atoms with Gasteiger partial charge in [-0.2, -0.15) is 0 Å². The molecule has 0 fully saturated rings. The largest absolute Gasteiger partial charge is 0.319 e. The summed E-state index contributed by atoms with van der Waals surface area (Å²) in [5.41, 5.74) is 5.22. The van der Waals surface area contributed by atoms with Gasteiger partial charge in [0.25, 0.3) is 0 Å². The molecule has 2 heteroatoms. The number of terminal acetylenes is 1. The molecule has 0 radical (unpaired) electrons. The summed E-state index contributed by atoms with van der Waals surface area (Å²) >= 11 is 0. The van der Waals surface area contributed by atoms with Crippen molar-refractivity contribution in [1.82, 2.24) is 0 Å². The van der Waals surface area contributed by atoms with Gasteiger partial charge in [0.15, 0.2) is 5.78 Å². The van der Waals surface area contributed by atoms with E-state index in [1.165, 1.54) is 0 Å². The maximum Gasteiger partial charge on any atom is 0.153 e. The summed E-state index contributed by atoms with van der Waals surface area (Å²) < 4.78 is 0. The SMILES string of the molecule is C#CCCC(=O)C(N)(CC)CC. The van der Waals surface area contributed by atoms with E-state index >= 15 is 0 Å². The average molecular weight is 167 g/mol. The molecule has 0 aromatic carbocycles.